The maximum absolute atomic E-state index is 12.7. The Morgan fingerprint density at radius 2 is 2.15 bits per heavy atom. The van der Waals surface area contributed by atoms with Crippen molar-refractivity contribution in [2.24, 2.45) is 0 Å². The molecule has 2 aromatic carbocycles. The molecule has 2 heterocycles. The number of amides is 1. The van der Waals surface area contributed by atoms with Gasteiger partial charge in [-0.25, -0.2) is 0 Å². The Morgan fingerprint density at radius 1 is 1.30 bits per heavy atom. The van der Waals surface area contributed by atoms with Gasteiger partial charge in [0.25, 0.3) is 5.91 Å². The Bertz CT molecular complexity index is 1130. The highest BCUT2D eigenvalue weighted by Crippen LogP contribution is 2.33. The van der Waals surface area contributed by atoms with Crippen molar-refractivity contribution in [2.45, 2.75) is 0 Å². The normalized spacial score (nSPS) is 10.9. The number of aromatic nitrogens is 4. The van der Waals surface area contributed by atoms with Gasteiger partial charge in [0.2, 0.25) is 4.96 Å². The number of fused-ring (bicyclic) bond motifs is 1. The number of carbonyl (C=O) groups is 1. The number of carbonyl (C=O) groups excluding carboxylic acids is 1. The van der Waals surface area contributed by atoms with Crippen molar-refractivity contribution in [1.82, 2.24) is 19.8 Å². The molecule has 0 aliphatic carbocycles. The first-order valence-electron chi connectivity index (χ1n) is 7.67. The molecule has 136 valence electrons. The molecule has 1 amide bonds. The van der Waals surface area contributed by atoms with Gasteiger partial charge in [-0.1, -0.05) is 22.9 Å². The highest BCUT2D eigenvalue weighted by molar-refractivity contribution is 14.1. The van der Waals surface area contributed by atoms with Crippen LogP contribution in [0.5, 0.6) is 5.75 Å². The van der Waals surface area contributed by atoms with Crippen molar-refractivity contribution in [2.75, 3.05) is 12.4 Å². The van der Waals surface area contributed by atoms with E-state index in [9.17, 15) is 4.79 Å². The molecule has 2 aromatic heterocycles. The van der Waals surface area contributed by atoms with E-state index >= 15 is 0 Å². The van der Waals surface area contributed by atoms with Gasteiger partial charge in [-0.2, -0.15) is 9.61 Å². The van der Waals surface area contributed by atoms with Crippen LogP contribution >= 0.6 is 45.5 Å². The molecule has 4 rings (SSSR count). The SMILES string of the molecule is COc1ccc(-c2nn3cnnc3s2)cc1NC(=O)c1cc(I)ccc1Cl. The number of anilines is 1. The Kier molecular flexibility index (Phi) is 4.98. The van der Waals surface area contributed by atoms with Gasteiger partial charge in [0, 0.05) is 9.13 Å². The number of hydrogen-bond donors (Lipinski definition) is 1. The third-order valence-corrected chi connectivity index (χ3v) is 5.72. The molecule has 0 saturated carbocycles. The fraction of sp³-hybridized carbons (Fsp3) is 0.0588. The average Bonchev–Trinajstić information content (AvgIpc) is 3.25. The third-order valence-electron chi connectivity index (χ3n) is 3.75. The van der Waals surface area contributed by atoms with Crippen LogP contribution in [0.2, 0.25) is 5.02 Å². The van der Waals surface area contributed by atoms with Crippen molar-refractivity contribution >= 4 is 62.1 Å². The van der Waals surface area contributed by atoms with E-state index in [1.165, 1.54) is 11.3 Å². The lowest BCUT2D eigenvalue weighted by atomic mass is 10.1. The second-order valence-corrected chi connectivity index (χ2v) is 8.07. The Morgan fingerprint density at radius 3 is 2.93 bits per heavy atom. The molecule has 27 heavy (non-hydrogen) atoms. The summed E-state index contributed by atoms with van der Waals surface area (Å²) in [6, 6.07) is 10.7. The number of hydrogen-bond acceptors (Lipinski definition) is 6. The van der Waals surface area contributed by atoms with Crippen LogP contribution in [0, 0.1) is 3.57 Å². The van der Waals surface area contributed by atoms with Crippen LogP contribution < -0.4 is 10.1 Å². The van der Waals surface area contributed by atoms with Crippen molar-refractivity contribution in [1.29, 1.82) is 0 Å². The van der Waals surface area contributed by atoms with Gasteiger partial charge in [0.05, 0.1) is 23.4 Å². The molecule has 4 aromatic rings. The zero-order valence-electron chi connectivity index (χ0n) is 13.8. The Labute approximate surface area is 176 Å². The molecule has 10 heteroatoms. The minimum atomic E-state index is -0.313. The fourth-order valence-electron chi connectivity index (χ4n) is 2.48. The van der Waals surface area contributed by atoms with Crippen LogP contribution in [-0.4, -0.2) is 32.8 Å². The van der Waals surface area contributed by atoms with E-state index in [1.807, 2.05) is 18.2 Å². The monoisotopic (exact) mass is 511 g/mol. The maximum Gasteiger partial charge on any atom is 0.257 e. The number of halogens is 2. The van der Waals surface area contributed by atoms with Crippen LogP contribution in [-0.2, 0) is 0 Å². The third kappa shape index (κ3) is 3.62. The number of benzene rings is 2. The van der Waals surface area contributed by atoms with Gasteiger partial charge in [-0.05, 0) is 59.0 Å². The first-order valence-corrected chi connectivity index (χ1v) is 9.94. The molecule has 0 fully saturated rings. The van der Waals surface area contributed by atoms with Crippen molar-refractivity contribution in [3.63, 3.8) is 0 Å². The second-order valence-electron chi connectivity index (χ2n) is 5.46. The van der Waals surface area contributed by atoms with Crippen LogP contribution in [0.25, 0.3) is 15.5 Å². The lowest BCUT2D eigenvalue weighted by Gasteiger charge is -2.12. The summed E-state index contributed by atoms with van der Waals surface area (Å²) in [7, 11) is 1.55. The first-order chi connectivity index (χ1) is 13.0. The van der Waals surface area contributed by atoms with Gasteiger partial charge in [0.15, 0.2) is 0 Å². The Hall–Kier alpha value is -2.24. The Balaban J connectivity index is 1.69. The fourth-order valence-corrected chi connectivity index (χ4v) is 3.99. The average molecular weight is 512 g/mol. The minimum absolute atomic E-state index is 0.313. The second kappa shape index (κ2) is 7.41. The molecule has 7 nitrogen and oxygen atoms in total. The summed E-state index contributed by atoms with van der Waals surface area (Å²) in [5.74, 6) is 0.226. The van der Waals surface area contributed by atoms with E-state index in [0.717, 1.165) is 14.1 Å². The summed E-state index contributed by atoms with van der Waals surface area (Å²) >= 11 is 9.71. The summed E-state index contributed by atoms with van der Waals surface area (Å²) in [5, 5.41) is 16.2. The van der Waals surface area contributed by atoms with Gasteiger partial charge >= 0.3 is 0 Å². The molecular weight excluding hydrogens is 501 g/mol. The zero-order valence-corrected chi connectivity index (χ0v) is 17.5. The maximum atomic E-state index is 12.7. The lowest BCUT2D eigenvalue weighted by molar-refractivity contribution is 0.102. The van der Waals surface area contributed by atoms with Crippen molar-refractivity contribution in [3.05, 3.63) is 56.9 Å². The summed E-state index contributed by atoms with van der Waals surface area (Å²) in [6.45, 7) is 0. The summed E-state index contributed by atoms with van der Waals surface area (Å²) in [4.78, 5) is 13.4. The van der Waals surface area contributed by atoms with Crippen LogP contribution in [0.4, 0.5) is 5.69 Å². The van der Waals surface area contributed by atoms with Crippen LogP contribution in [0.15, 0.2) is 42.7 Å². The molecule has 0 spiro atoms. The highest BCUT2D eigenvalue weighted by atomic mass is 127. The van der Waals surface area contributed by atoms with Gasteiger partial charge < -0.3 is 10.1 Å². The van der Waals surface area contributed by atoms with E-state index < -0.39 is 0 Å². The topological polar surface area (TPSA) is 81.4 Å². The number of rotatable bonds is 4. The van der Waals surface area contributed by atoms with Gasteiger partial charge in [-0.15, -0.1) is 10.2 Å². The van der Waals surface area contributed by atoms with E-state index in [0.29, 0.717) is 27.0 Å². The molecule has 0 aliphatic heterocycles. The minimum Gasteiger partial charge on any atom is -0.495 e. The molecule has 0 aliphatic rings. The number of nitrogens with zero attached hydrogens (tertiary/aromatic N) is 4. The van der Waals surface area contributed by atoms with E-state index in [1.54, 1.807) is 36.2 Å². The summed E-state index contributed by atoms with van der Waals surface area (Å²) in [6.07, 6.45) is 1.54. The summed E-state index contributed by atoms with van der Waals surface area (Å²) < 4.78 is 7.90. The number of nitrogens with one attached hydrogen (secondary N) is 1. The quantitative estimate of drug-likeness (QED) is 0.412. The molecule has 0 bridgehead atoms. The molecule has 0 saturated heterocycles. The first kappa shape index (κ1) is 18.1. The largest absolute Gasteiger partial charge is 0.495 e. The molecule has 0 unspecified atom stereocenters. The van der Waals surface area contributed by atoms with E-state index in [-0.39, 0.29) is 5.91 Å². The van der Waals surface area contributed by atoms with Crippen LogP contribution in [0.1, 0.15) is 10.4 Å². The predicted molar refractivity (Wildman–Crippen MR) is 113 cm³/mol. The van der Waals surface area contributed by atoms with E-state index in [2.05, 4.69) is 43.2 Å². The number of ether oxygens (including phenoxy) is 1. The van der Waals surface area contributed by atoms with Crippen molar-refractivity contribution < 1.29 is 9.53 Å². The molecule has 0 radical (unpaired) electrons. The number of methoxy groups -OCH3 is 1. The molecule has 1 N–H and O–H groups in total. The zero-order chi connectivity index (χ0) is 19.0. The molecule has 0 atom stereocenters. The van der Waals surface area contributed by atoms with Gasteiger partial charge in [-0.3, -0.25) is 4.79 Å². The predicted octanol–water partition coefficient (Wildman–Crippen LogP) is 4.37. The van der Waals surface area contributed by atoms with E-state index in [4.69, 9.17) is 16.3 Å². The molecular formula is C17H11ClIN5O2S. The van der Waals surface area contributed by atoms with Gasteiger partial charge in [0.1, 0.15) is 17.1 Å². The smallest absolute Gasteiger partial charge is 0.257 e. The summed E-state index contributed by atoms with van der Waals surface area (Å²) in [5.41, 5.74) is 1.76. The lowest BCUT2D eigenvalue weighted by Crippen LogP contribution is -2.13. The van der Waals surface area contributed by atoms with Crippen molar-refractivity contribution in [3.8, 4) is 16.3 Å². The highest BCUT2D eigenvalue weighted by Gasteiger charge is 2.16. The van der Waals surface area contributed by atoms with Crippen LogP contribution in [0.3, 0.4) is 0 Å². The standard InChI is InChI=1S/C17H11ClIN5O2S/c1-26-14-5-2-9(16-23-24-8-20-22-17(24)27-16)6-13(14)21-15(25)11-7-10(19)3-4-12(11)18/h2-8H,1H3,(H,21,25).